The zero-order valence-corrected chi connectivity index (χ0v) is 32.1. The molecular weight excluding hydrogens is 613 g/mol. The number of rotatable bonds is 19. The number of hydrogen-bond donors (Lipinski definition) is 2. The second-order valence-electron chi connectivity index (χ2n) is 14.6. The molecule has 9 heteroatoms. The van der Waals surface area contributed by atoms with Crippen molar-refractivity contribution in [3.8, 4) is 11.5 Å². The van der Waals surface area contributed by atoms with Gasteiger partial charge < -0.3 is 24.1 Å². The van der Waals surface area contributed by atoms with Crippen molar-refractivity contribution in [3.63, 3.8) is 0 Å². The monoisotopic (exact) mass is 672 g/mol. The van der Waals surface area contributed by atoms with E-state index in [1.165, 1.54) is 24.3 Å². The minimum atomic E-state index is -2.25. The van der Waals surface area contributed by atoms with Crippen LogP contribution < -0.4 is 0 Å². The van der Waals surface area contributed by atoms with E-state index in [0.717, 1.165) is 44.6 Å². The molecule has 0 aliphatic carbocycles. The Morgan fingerprint density at radius 1 is 0.717 bits per heavy atom. The summed E-state index contributed by atoms with van der Waals surface area (Å²) >= 11 is 0. The smallest absolute Gasteiger partial charge is 0.338 e. The Hall–Kier alpha value is -2.63. The van der Waals surface area contributed by atoms with E-state index in [2.05, 4.69) is 67.7 Å². The highest BCUT2D eigenvalue weighted by molar-refractivity contribution is 6.82. The maximum atomic E-state index is 12.5. The average molecular weight is 673 g/mol. The number of hydrogen-bond acceptors (Lipinski definition) is 7. The second kappa shape index (κ2) is 17.0. The Morgan fingerprint density at radius 2 is 1.13 bits per heavy atom. The average Bonchev–Trinajstić information content (AvgIpc) is 2.99. The predicted octanol–water partition coefficient (Wildman–Crippen LogP) is 9.75. The molecule has 0 saturated carbocycles. The van der Waals surface area contributed by atoms with Crippen LogP contribution >= 0.6 is 0 Å². The lowest BCUT2D eigenvalue weighted by Crippen LogP contribution is -2.61. The van der Waals surface area contributed by atoms with E-state index in [1.54, 1.807) is 24.3 Å². The molecule has 7 nitrogen and oxygen atoms in total. The van der Waals surface area contributed by atoms with Crippen LogP contribution in [0.4, 0.5) is 0 Å². The first-order chi connectivity index (χ1) is 21.4. The van der Waals surface area contributed by atoms with Gasteiger partial charge in [-0.05, 0) is 111 Å². The topological polar surface area (TPSA) is 102 Å². The van der Waals surface area contributed by atoms with Gasteiger partial charge in [0.15, 0.2) is 8.32 Å². The zero-order valence-electron chi connectivity index (χ0n) is 30.1. The molecule has 0 amide bonds. The second-order valence-corrected chi connectivity index (χ2v) is 24.1. The normalized spacial score (nSPS) is 15.1. The van der Waals surface area contributed by atoms with Crippen LogP contribution in [0.15, 0.2) is 48.5 Å². The Balaban J connectivity index is 2.02. The molecule has 0 spiro atoms. The summed E-state index contributed by atoms with van der Waals surface area (Å²) in [7, 11) is -4.17. The molecule has 2 aromatic rings. The van der Waals surface area contributed by atoms with Crippen molar-refractivity contribution in [2.24, 2.45) is 11.8 Å². The molecule has 0 aliphatic rings. The Kier molecular flexibility index (Phi) is 14.6. The van der Waals surface area contributed by atoms with Crippen molar-refractivity contribution in [2.75, 3.05) is 13.2 Å². The van der Waals surface area contributed by atoms with Gasteiger partial charge in [-0.2, -0.15) is 0 Å². The molecule has 258 valence electrons. The number of benzene rings is 2. The lowest BCUT2D eigenvalue weighted by Gasteiger charge is -2.54. The lowest BCUT2D eigenvalue weighted by atomic mass is 9.89. The van der Waals surface area contributed by atoms with Gasteiger partial charge in [0, 0.05) is 5.22 Å². The third-order valence-electron chi connectivity index (χ3n) is 10.7. The first-order valence-corrected chi connectivity index (χ1v) is 23.2. The van der Waals surface area contributed by atoms with Crippen LogP contribution in [0.1, 0.15) is 101 Å². The SMILES string of the molecule is CCC(C)(O[Si](C)(C)C(CC)(CC)CC(C)CCOC(=O)c1ccc(O)cc1)[Si](C)(C)CC(C)CCOC(=O)c1ccc(O)cc1. The summed E-state index contributed by atoms with van der Waals surface area (Å²) in [4.78, 5) is 24.9. The van der Waals surface area contributed by atoms with Crippen LogP contribution in [0.3, 0.4) is 0 Å². The Morgan fingerprint density at radius 3 is 1.52 bits per heavy atom. The first-order valence-electron chi connectivity index (χ1n) is 17.1. The highest BCUT2D eigenvalue weighted by Gasteiger charge is 2.53. The summed E-state index contributed by atoms with van der Waals surface area (Å²) in [6.07, 6.45) is 5.66. The molecule has 2 rings (SSSR count). The molecule has 0 aromatic heterocycles. The summed E-state index contributed by atoms with van der Waals surface area (Å²) in [5.41, 5.74) is 0.887. The molecule has 3 unspecified atom stereocenters. The minimum Gasteiger partial charge on any atom is -0.508 e. The van der Waals surface area contributed by atoms with Gasteiger partial charge in [0.1, 0.15) is 11.5 Å². The zero-order chi connectivity index (χ0) is 34.8. The van der Waals surface area contributed by atoms with Gasteiger partial charge in [-0.15, -0.1) is 0 Å². The van der Waals surface area contributed by atoms with Crippen LogP contribution in [0, 0.1) is 11.8 Å². The molecule has 0 heterocycles. The maximum Gasteiger partial charge on any atom is 0.338 e. The molecule has 0 radical (unpaired) electrons. The number of carbonyl (C=O) groups excluding carboxylic acids is 2. The van der Waals surface area contributed by atoms with E-state index in [-0.39, 0.29) is 33.7 Å². The highest BCUT2D eigenvalue weighted by atomic mass is 28.4. The standard InChI is InChI=1S/C37H60O7Si2/c1-11-36(6,45(7,8)27-29(5)23-25-43-35(41)31-16-20-33(39)21-17-31)44-46(9,10)37(12-2,13-3)26-28(4)22-24-42-34(40)30-14-18-32(38)19-15-30/h14-21,28-29,38-39H,11-13,22-27H2,1-10H3. The number of phenolic OH excluding ortho intramolecular Hbond substituents is 2. The maximum absolute atomic E-state index is 12.5. The van der Waals surface area contributed by atoms with Gasteiger partial charge in [-0.3, -0.25) is 0 Å². The van der Waals surface area contributed by atoms with Crippen LogP contribution in [0.25, 0.3) is 0 Å². The fourth-order valence-corrected chi connectivity index (χ4v) is 16.3. The Bertz CT molecular complexity index is 1240. The van der Waals surface area contributed by atoms with E-state index in [4.69, 9.17) is 13.9 Å². The molecule has 0 bridgehead atoms. The fraction of sp³-hybridized carbons (Fsp3) is 0.622. The van der Waals surface area contributed by atoms with Crippen molar-refractivity contribution in [1.82, 2.24) is 0 Å². The summed E-state index contributed by atoms with van der Waals surface area (Å²) in [5.74, 6) is 0.279. The summed E-state index contributed by atoms with van der Waals surface area (Å²) in [6, 6.07) is 13.4. The Labute approximate surface area is 280 Å². The number of phenols is 2. The number of carbonyl (C=O) groups is 2. The van der Waals surface area contributed by atoms with Crippen molar-refractivity contribution < 1.29 is 33.7 Å². The van der Waals surface area contributed by atoms with Crippen molar-refractivity contribution in [3.05, 3.63) is 59.7 Å². The number of aromatic hydroxyl groups is 2. The van der Waals surface area contributed by atoms with Crippen LogP contribution in [-0.4, -0.2) is 57.0 Å². The largest absolute Gasteiger partial charge is 0.508 e. The molecular formula is C37H60O7Si2. The predicted molar refractivity (Wildman–Crippen MR) is 192 cm³/mol. The number of esters is 2. The summed E-state index contributed by atoms with van der Waals surface area (Å²) in [5, 5.41) is 18.8. The first kappa shape index (κ1) is 39.6. The number of ether oxygens (including phenoxy) is 2. The van der Waals surface area contributed by atoms with Gasteiger partial charge in [0.25, 0.3) is 0 Å². The van der Waals surface area contributed by atoms with E-state index in [0.29, 0.717) is 36.2 Å². The minimum absolute atomic E-state index is 0.0857. The van der Waals surface area contributed by atoms with Crippen molar-refractivity contribution in [1.29, 1.82) is 0 Å². The van der Waals surface area contributed by atoms with E-state index >= 15 is 0 Å². The molecule has 2 N–H and O–H groups in total. The molecule has 2 aromatic carbocycles. The fourth-order valence-electron chi connectivity index (χ4n) is 7.02. The summed E-state index contributed by atoms with van der Waals surface area (Å²) in [6.45, 7) is 24.1. The third kappa shape index (κ3) is 10.4. The van der Waals surface area contributed by atoms with Gasteiger partial charge in [-0.1, -0.05) is 66.6 Å². The quantitative estimate of drug-likeness (QED) is 0.113. The van der Waals surface area contributed by atoms with Crippen molar-refractivity contribution in [2.45, 2.75) is 123 Å². The van der Waals surface area contributed by atoms with Gasteiger partial charge in [0.2, 0.25) is 0 Å². The van der Waals surface area contributed by atoms with Gasteiger partial charge >= 0.3 is 11.9 Å². The molecule has 0 fully saturated rings. The molecule has 0 aliphatic heterocycles. The molecule has 46 heavy (non-hydrogen) atoms. The van der Waals surface area contributed by atoms with E-state index in [1.807, 2.05) is 0 Å². The van der Waals surface area contributed by atoms with Gasteiger partial charge in [-0.25, -0.2) is 9.59 Å². The van der Waals surface area contributed by atoms with Gasteiger partial charge in [0.05, 0.1) is 32.4 Å². The molecule has 3 atom stereocenters. The molecule has 0 saturated heterocycles. The highest BCUT2D eigenvalue weighted by Crippen LogP contribution is 2.53. The van der Waals surface area contributed by atoms with Crippen LogP contribution in [0.2, 0.25) is 37.3 Å². The summed E-state index contributed by atoms with van der Waals surface area (Å²) < 4.78 is 18.6. The third-order valence-corrected chi connectivity index (χ3v) is 20.4. The van der Waals surface area contributed by atoms with Crippen LogP contribution in [0.5, 0.6) is 11.5 Å². The van der Waals surface area contributed by atoms with E-state index in [9.17, 15) is 19.8 Å². The van der Waals surface area contributed by atoms with E-state index < -0.39 is 16.4 Å². The van der Waals surface area contributed by atoms with Crippen molar-refractivity contribution >= 4 is 28.3 Å². The lowest BCUT2D eigenvalue weighted by molar-refractivity contribution is 0.0474. The van der Waals surface area contributed by atoms with Crippen LogP contribution in [-0.2, 0) is 13.9 Å².